The summed E-state index contributed by atoms with van der Waals surface area (Å²) in [6, 6.07) is 0. The summed E-state index contributed by atoms with van der Waals surface area (Å²) in [5.74, 6) is -1.97. The van der Waals surface area contributed by atoms with Crippen molar-refractivity contribution in [3.05, 3.63) is 23.8 Å². The molecule has 0 aliphatic heterocycles. The Labute approximate surface area is 67.6 Å². The minimum Gasteiger partial charge on any atom is -0.242 e. The van der Waals surface area contributed by atoms with E-state index in [0.717, 1.165) is 12.2 Å². The van der Waals surface area contributed by atoms with E-state index >= 15 is 0 Å². The monoisotopic (exact) mass is 180 g/mol. The molecule has 68 valence electrons. The first-order valence-corrected chi connectivity index (χ1v) is 3.48. The highest BCUT2D eigenvalue weighted by atomic mass is 19.4. The van der Waals surface area contributed by atoms with E-state index in [-0.39, 0.29) is 0 Å². The highest BCUT2D eigenvalue weighted by molar-refractivity contribution is 5.25. The largest absolute Gasteiger partial charge is 0.398 e. The Kier molecular flexibility index (Phi) is 2.26. The third-order valence-electron chi connectivity index (χ3n) is 1.71. The summed E-state index contributed by atoms with van der Waals surface area (Å²) in [6.07, 6.45) is -3.22. The molecule has 1 aliphatic rings. The summed E-state index contributed by atoms with van der Waals surface area (Å²) >= 11 is 0. The Morgan fingerprint density at radius 2 is 1.92 bits per heavy atom. The lowest BCUT2D eigenvalue weighted by Crippen LogP contribution is -2.30. The second-order valence-corrected chi connectivity index (χ2v) is 2.78. The van der Waals surface area contributed by atoms with Crippen molar-refractivity contribution < 1.29 is 17.6 Å². The van der Waals surface area contributed by atoms with Crippen LogP contribution >= 0.6 is 0 Å². The molecule has 0 aromatic carbocycles. The molecule has 2 atom stereocenters. The predicted molar refractivity (Wildman–Crippen MR) is 37.3 cm³/mol. The molecule has 0 bridgehead atoms. The van der Waals surface area contributed by atoms with E-state index in [9.17, 15) is 17.6 Å². The van der Waals surface area contributed by atoms with E-state index in [0.29, 0.717) is 5.57 Å². The van der Waals surface area contributed by atoms with Gasteiger partial charge in [0, 0.05) is 0 Å². The zero-order chi connectivity index (χ0) is 9.35. The molecule has 0 saturated carbocycles. The van der Waals surface area contributed by atoms with Gasteiger partial charge in [-0.05, 0) is 13.0 Å². The Morgan fingerprint density at radius 1 is 1.33 bits per heavy atom. The van der Waals surface area contributed by atoms with Crippen LogP contribution in [-0.2, 0) is 0 Å². The second-order valence-electron chi connectivity index (χ2n) is 2.78. The van der Waals surface area contributed by atoms with Gasteiger partial charge in [0.2, 0.25) is 0 Å². The smallest absolute Gasteiger partial charge is 0.242 e. The van der Waals surface area contributed by atoms with E-state index in [4.69, 9.17) is 0 Å². The van der Waals surface area contributed by atoms with Crippen molar-refractivity contribution in [2.45, 2.75) is 19.3 Å². The van der Waals surface area contributed by atoms with Gasteiger partial charge in [0.1, 0.15) is 12.1 Å². The number of alkyl halides is 4. The molecule has 0 radical (unpaired) electrons. The Bertz CT molecular complexity index is 224. The van der Waals surface area contributed by atoms with E-state index in [1.807, 2.05) is 0 Å². The molecule has 2 unspecified atom stereocenters. The van der Waals surface area contributed by atoms with Gasteiger partial charge in [-0.25, -0.2) is 4.39 Å². The molecule has 0 aromatic rings. The van der Waals surface area contributed by atoms with Gasteiger partial charge in [0.15, 0.2) is 0 Å². The number of hydrogen-bond donors (Lipinski definition) is 0. The lowest BCUT2D eigenvalue weighted by atomic mass is 9.95. The fourth-order valence-electron chi connectivity index (χ4n) is 1.07. The molecule has 0 spiro atoms. The van der Waals surface area contributed by atoms with Gasteiger partial charge < -0.3 is 0 Å². The third-order valence-corrected chi connectivity index (χ3v) is 1.71. The summed E-state index contributed by atoms with van der Waals surface area (Å²) in [4.78, 5) is 0. The summed E-state index contributed by atoms with van der Waals surface area (Å²) < 4.78 is 48.8. The van der Waals surface area contributed by atoms with Crippen LogP contribution in [0.3, 0.4) is 0 Å². The average molecular weight is 180 g/mol. The molecule has 0 saturated heterocycles. The first kappa shape index (κ1) is 9.29. The van der Waals surface area contributed by atoms with Crippen molar-refractivity contribution in [3.8, 4) is 0 Å². The normalized spacial score (nSPS) is 30.2. The van der Waals surface area contributed by atoms with Crippen LogP contribution in [0.4, 0.5) is 17.6 Å². The van der Waals surface area contributed by atoms with Crippen LogP contribution < -0.4 is 0 Å². The van der Waals surface area contributed by atoms with Gasteiger partial charge in [-0.15, -0.1) is 0 Å². The highest BCUT2D eigenvalue weighted by Gasteiger charge is 2.43. The molecular formula is C8H8F4. The van der Waals surface area contributed by atoms with E-state index < -0.39 is 18.3 Å². The highest BCUT2D eigenvalue weighted by Crippen LogP contribution is 2.34. The average Bonchev–Trinajstić information content (AvgIpc) is 1.92. The fraction of sp³-hybridized carbons (Fsp3) is 0.500. The van der Waals surface area contributed by atoms with Crippen molar-refractivity contribution >= 4 is 0 Å². The molecule has 0 heterocycles. The number of hydrogen-bond acceptors (Lipinski definition) is 0. The zero-order valence-corrected chi connectivity index (χ0v) is 6.40. The maximum absolute atomic E-state index is 12.7. The van der Waals surface area contributed by atoms with Crippen LogP contribution in [0.1, 0.15) is 6.92 Å². The second kappa shape index (κ2) is 2.92. The van der Waals surface area contributed by atoms with Crippen LogP contribution in [0.15, 0.2) is 23.8 Å². The van der Waals surface area contributed by atoms with E-state index in [1.165, 1.54) is 13.0 Å². The van der Waals surface area contributed by atoms with Gasteiger partial charge in [0.25, 0.3) is 0 Å². The zero-order valence-electron chi connectivity index (χ0n) is 6.40. The lowest BCUT2D eigenvalue weighted by molar-refractivity contribution is -0.172. The fourth-order valence-corrected chi connectivity index (χ4v) is 1.07. The van der Waals surface area contributed by atoms with E-state index in [2.05, 4.69) is 0 Å². The molecule has 0 nitrogen and oxygen atoms in total. The molecule has 1 rings (SSSR count). The summed E-state index contributed by atoms with van der Waals surface area (Å²) in [5.41, 5.74) is 0.450. The minimum atomic E-state index is -4.48. The maximum Gasteiger partial charge on any atom is 0.398 e. The van der Waals surface area contributed by atoms with Crippen LogP contribution in [0.2, 0.25) is 0 Å². The van der Waals surface area contributed by atoms with Crippen LogP contribution in [0.25, 0.3) is 0 Å². The number of rotatable bonds is 0. The van der Waals surface area contributed by atoms with Gasteiger partial charge in [-0.2, -0.15) is 13.2 Å². The van der Waals surface area contributed by atoms with Gasteiger partial charge in [0.05, 0.1) is 0 Å². The van der Waals surface area contributed by atoms with Crippen LogP contribution in [0, 0.1) is 5.92 Å². The maximum atomic E-state index is 12.7. The molecule has 1 aliphatic carbocycles. The Balaban J connectivity index is 2.85. The summed E-state index contributed by atoms with van der Waals surface area (Å²) in [5, 5.41) is 0. The van der Waals surface area contributed by atoms with Gasteiger partial charge >= 0.3 is 6.18 Å². The summed E-state index contributed by atoms with van der Waals surface area (Å²) in [6.45, 7) is 1.52. The molecule has 0 aromatic heterocycles. The Hall–Kier alpha value is -0.800. The molecule has 0 N–H and O–H groups in total. The van der Waals surface area contributed by atoms with Crippen molar-refractivity contribution in [2.24, 2.45) is 5.92 Å². The molecule has 0 amide bonds. The molecule has 4 heteroatoms. The summed E-state index contributed by atoms with van der Waals surface area (Å²) in [7, 11) is 0. The third kappa shape index (κ3) is 1.87. The quantitative estimate of drug-likeness (QED) is 0.502. The van der Waals surface area contributed by atoms with Crippen molar-refractivity contribution in [1.82, 2.24) is 0 Å². The van der Waals surface area contributed by atoms with Gasteiger partial charge in [-0.3, -0.25) is 0 Å². The van der Waals surface area contributed by atoms with Crippen molar-refractivity contribution in [1.29, 1.82) is 0 Å². The van der Waals surface area contributed by atoms with Crippen LogP contribution in [0.5, 0.6) is 0 Å². The standard InChI is InChI=1S/C8H8F4/c1-5-2-3-7(9)6(4-5)8(10,11)12/h2-4,6-7H,1H3. The molecule has 12 heavy (non-hydrogen) atoms. The topological polar surface area (TPSA) is 0 Å². The van der Waals surface area contributed by atoms with Crippen molar-refractivity contribution in [3.63, 3.8) is 0 Å². The number of halogens is 4. The van der Waals surface area contributed by atoms with Crippen molar-refractivity contribution in [2.75, 3.05) is 0 Å². The lowest BCUT2D eigenvalue weighted by Gasteiger charge is -2.21. The minimum absolute atomic E-state index is 0.450. The first-order chi connectivity index (χ1) is 5.41. The predicted octanol–water partition coefficient (Wildman–Crippen LogP) is 3.02. The molecule has 0 fully saturated rings. The number of allylic oxidation sites excluding steroid dienone is 4. The first-order valence-electron chi connectivity index (χ1n) is 3.48. The Morgan fingerprint density at radius 3 is 2.33 bits per heavy atom. The van der Waals surface area contributed by atoms with Crippen LogP contribution in [-0.4, -0.2) is 12.3 Å². The SMILES string of the molecule is CC1=CC(C(F)(F)F)C(F)C=C1. The van der Waals surface area contributed by atoms with E-state index in [1.54, 1.807) is 0 Å². The molecular weight excluding hydrogens is 172 g/mol. The van der Waals surface area contributed by atoms with Gasteiger partial charge in [-0.1, -0.05) is 17.7 Å².